The van der Waals surface area contributed by atoms with Crippen LogP contribution in [0.3, 0.4) is 0 Å². The van der Waals surface area contributed by atoms with Crippen LogP contribution in [0.1, 0.15) is 38.6 Å². The molecule has 0 saturated heterocycles. The third kappa shape index (κ3) is 1.62. The van der Waals surface area contributed by atoms with Crippen LogP contribution in [0, 0.1) is 11.3 Å². The van der Waals surface area contributed by atoms with Crippen molar-refractivity contribution in [1.29, 1.82) is 0 Å². The summed E-state index contributed by atoms with van der Waals surface area (Å²) in [5, 5.41) is 0. The summed E-state index contributed by atoms with van der Waals surface area (Å²) in [6, 6.07) is 0. The van der Waals surface area contributed by atoms with Crippen LogP contribution in [-0.2, 0) is 12.8 Å². The fraction of sp³-hybridized carbons (Fsp3) is 0.727. The number of aromatic amines is 1. The van der Waals surface area contributed by atoms with Gasteiger partial charge in [-0.05, 0) is 30.6 Å². The first-order valence-electron chi connectivity index (χ1n) is 5.08. The maximum Gasteiger partial charge on any atom is 0.0925 e. The molecule has 1 aliphatic rings. The van der Waals surface area contributed by atoms with Gasteiger partial charge in [-0.2, -0.15) is 0 Å². The molecule has 0 aliphatic heterocycles. The fourth-order valence-electron chi connectivity index (χ4n) is 2.14. The second-order valence-electron chi connectivity index (χ2n) is 5.13. The van der Waals surface area contributed by atoms with Crippen LogP contribution in [0.15, 0.2) is 6.33 Å². The summed E-state index contributed by atoms with van der Waals surface area (Å²) in [5.74, 6) is 0.806. The molecule has 1 aromatic heterocycles. The van der Waals surface area contributed by atoms with E-state index in [0.717, 1.165) is 12.3 Å². The smallest absolute Gasteiger partial charge is 0.0925 e. The lowest BCUT2D eigenvalue weighted by atomic mass is 9.73. The highest BCUT2D eigenvalue weighted by Crippen LogP contribution is 2.35. The van der Waals surface area contributed by atoms with Crippen LogP contribution in [0.25, 0.3) is 0 Å². The van der Waals surface area contributed by atoms with Crippen LogP contribution in [0.5, 0.6) is 0 Å². The van der Waals surface area contributed by atoms with Gasteiger partial charge in [-0.15, -0.1) is 0 Å². The third-order valence-corrected chi connectivity index (χ3v) is 3.21. The minimum atomic E-state index is 0.433. The van der Waals surface area contributed by atoms with Crippen molar-refractivity contribution in [1.82, 2.24) is 9.97 Å². The molecule has 0 bridgehead atoms. The van der Waals surface area contributed by atoms with Crippen molar-refractivity contribution in [2.45, 2.75) is 40.0 Å². The lowest BCUT2D eigenvalue weighted by Crippen LogP contribution is -2.26. The quantitative estimate of drug-likeness (QED) is 0.650. The molecule has 1 aromatic rings. The van der Waals surface area contributed by atoms with Gasteiger partial charge in [0.05, 0.1) is 12.0 Å². The normalized spacial score (nSPS) is 22.8. The third-order valence-electron chi connectivity index (χ3n) is 3.21. The lowest BCUT2D eigenvalue weighted by molar-refractivity contribution is 0.214. The maximum atomic E-state index is 4.32. The van der Waals surface area contributed by atoms with Crippen molar-refractivity contribution in [2.75, 3.05) is 0 Å². The summed E-state index contributed by atoms with van der Waals surface area (Å²) in [5.41, 5.74) is 3.09. The molecule has 0 fully saturated rings. The average Bonchev–Trinajstić information content (AvgIpc) is 2.47. The molecule has 0 amide bonds. The zero-order valence-electron chi connectivity index (χ0n) is 8.72. The minimum absolute atomic E-state index is 0.433. The van der Waals surface area contributed by atoms with E-state index in [-0.39, 0.29) is 0 Å². The van der Waals surface area contributed by atoms with Crippen LogP contribution < -0.4 is 0 Å². The molecule has 0 saturated carbocycles. The molecular formula is C11H18N2. The monoisotopic (exact) mass is 178 g/mol. The number of nitrogens with one attached hydrogen (secondary N) is 1. The van der Waals surface area contributed by atoms with Crippen molar-refractivity contribution in [2.24, 2.45) is 11.3 Å². The van der Waals surface area contributed by atoms with E-state index in [4.69, 9.17) is 0 Å². The Bertz CT molecular complexity index is 293. The number of H-pyrrole nitrogens is 1. The van der Waals surface area contributed by atoms with Gasteiger partial charge < -0.3 is 4.98 Å². The number of hydrogen-bond donors (Lipinski definition) is 1. The van der Waals surface area contributed by atoms with Crippen LogP contribution in [-0.4, -0.2) is 9.97 Å². The van der Waals surface area contributed by atoms with Gasteiger partial charge in [-0.1, -0.05) is 20.8 Å². The number of rotatable bonds is 0. The van der Waals surface area contributed by atoms with Crippen LogP contribution >= 0.6 is 0 Å². The van der Waals surface area contributed by atoms with E-state index >= 15 is 0 Å². The maximum absolute atomic E-state index is 4.32. The van der Waals surface area contributed by atoms with Crippen LogP contribution in [0.4, 0.5) is 0 Å². The van der Waals surface area contributed by atoms with Gasteiger partial charge in [-0.25, -0.2) is 4.98 Å². The van der Waals surface area contributed by atoms with Gasteiger partial charge in [0, 0.05) is 5.69 Å². The zero-order valence-corrected chi connectivity index (χ0v) is 8.72. The van der Waals surface area contributed by atoms with Gasteiger partial charge >= 0.3 is 0 Å². The van der Waals surface area contributed by atoms with E-state index in [0.29, 0.717) is 5.41 Å². The highest BCUT2D eigenvalue weighted by molar-refractivity contribution is 5.16. The minimum Gasteiger partial charge on any atom is -0.348 e. The summed E-state index contributed by atoms with van der Waals surface area (Å²) in [6.07, 6.45) is 5.46. The number of aryl methyl sites for hydroxylation is 1. The predicted molar refractivity (Wildman–Crippen MR) is 53.6 cm³/mol. The molecule has 2 nitrogen and oxygen atoms in total. The van der Waals surface area contributed by atoms with Gasteiger partial charge in [0.25, 0.3) is 0 Å². The molecule has 2 rings (SSSR count). The van der Waals surface area contributed by atoms with E-state index in [1.54, 1.807) is 0 Å². The van der Waals surface area contributed by atoms with E-state index in [2.05, 4.69) is 30.7 Å². The number of aromatic nitrogens is 2. The number of fused-ring (bicyclic) bond motifs is 1. The van der Waals surface area contributed by atoms with Gasteiger partial charge in [-0.3, -0.25) is 0 Å². The van der Waals surface area contributed by atoms with Gasteiger partial charge in [0.2, 0.25) is 0 Å². The zero-order chi connectivity index (χ0) is 9.47. The van der Waals surface area contributed by atoms with Gasteiger partial charge in [0.15, 0.2) is 0 Å². The van der Waals surface area contributed by atoms with E-state index in [9.17, 15) is 0 Å². The van der Waals surface area contributed by atoms with Crippen molar-refractivity contribution in [3.8, 4) is 0 Å². The topological polar surface area (TPSA) is 28.7 Å². The Morgan fingerprint density at radius 2 is 2.23 bits per heavy atom. The van der Waals surface area contributed by atoms with E-state index in [1.807, 2.05) is 6.33 Å². The SMILES string of the molecule is CC(C)(C)C1CCc2nc[nH]c2C1. The van der Waals surface area contributed by atoms with Crippen molar-refractivity contribution in [3.63, 3.8) is 0 Å². The summed E-state index contributed by atoms with van der Waals surface area (Å²) >= 11 is 0. The Kier molecular flexibility index (Phi) is 1.94. The Hall–Kier alpha value is -0.790. The summed E-state index contributed by atoms with van der Waals surface area (Å²) in [6.45, 7) is 7.00. The Balaban J connectivity index is 2.18. The molecule has 2 heteroatoms. The molecule has 1 N–H and O–H groups in total. The highest BCUT2D eigenvalue weighted by atomic mass is 14.9. The molecular weight excluding hydrogens is 160 g/mol. The first-order valence-corrected chi connectivity index (χ1v) is 5.08. The Morgan fingerprint density at radius 1 is 1.46 bits per heavy atom. The first-order chi connectivity index (χ1) is 6.07. The molecule has 72 valence electrons. The summed E-state index contributed by atoms with van der Waals surface area (Å²) in [4.78, 5) is 7.57. The first kappa shape index (κ1) is 8.79. The van der Waals surface area contributed by atoms with Crippen molar-refractivity contribution >= 4 is 0 Å². The average molecular weight is 178 g/mol. The van der Waals surface area contributed by atoms with Crippen molar-refractivity contribution < 1.29 is 0 Å². The number of nitrogens with zero attached hydrogens (tertiary/aromatic N) is 1. The second-order valence-corrected chi connectivity index (χ2v) is 5.13. The molecule has 1 aliphatic carbocycles. The number of imidazole rings is 1. The van der Waals surface area contributed by atoms with E-state index in [1.165, 1.54) is 24.2 Å². The standard InChI is InChI=1S/C11H18N2/c1-11(2,3)8-4-5-9-10(6-8)13-7-12-9/h7-8H,4-6H2,1-3H3,(H,12,13). The highest BCUT2D eigenvalue weighted by Gasteiger charge is 2.29. The molecule has 1 unspecified atom stereocenters. The molecule has 0 spiro atoms. The molecule has 13 heavy (non-hydrogen) atoms. The summed E-state index contributed by atoms with van der Waals surface area (Å²) < 4.78 is 0. The molecule has 1 heterocycles. The van der Waals surface area contributed by atoms with Crippen molar-refractivity contribution in [3.05, 3.63) is 17.7 Å². The molecule has 0 aromatic carbocycles. The largest absolute Gasteiger partial charge is 0.348 e. The van der Waals surface area contributed by atoms with Crippen LogP contribution in [0.2, 0.25) is 0 Å². The summed E-state index contributed by atoms with van der Waals surface area (Å²) in [7, 11) is 0. The Labute approximate surface area is 79.8 Å². The fourth-order valence-corrected chi connectivity index (χ4v) is 2.14. The van der Waals surface area contributed by atoms with E-state index < -0.39 is 0 Å². The van der Waals surface area contributed by atoms with Gasteiger partial charge in [0.1, 0.15) is 0 Å². The lowest BCUT2D eigenvalue weighted by Gasteiger charge is -2.33. The number of hydrogen-bond acceptors (Lipinski definition) is 1. The Morgan fingerprint density at radius 3 is 2.92 bits per heavy atom. The molecule has 0 radical (unpaired) electrons. The predicted octanol–water partition coefficient (Wildman–Crippen LogP) is 2.56. The second kappa shape index (κ2) is 2.86. The molecule has 1 atom stereocenters.